The van der Waals surface area contributed by atoms with E-state index < -0.39 is 5.97 Å². The van der Waals surface area contributed by atoms with Crippen LogP contribution in [-0.4, -0.2) is 33.7 Å². The molecule has 2 aromatic carbocycles. The van der Waals surface area contributed by atoms with Gasteiger partial charge in [0.05, 0.1) is 5.56 Å². The average Bonchev–Trinajstić information content (AvgIpc) is 3.14. The van der Waals surface area contributed by atoms with Gasteiger partial charge in [0.25, 0.3) is 0 Å². The van der Waals surface area contributed by atoms with E-state index in [4.69, 9.17) is 14.3 Å². The molecule has 0 amide bonds. The number of Topliss-reactive ketones (excluding diaryl/α,β-unsaturated/α-hetero) is 1. The number of carbonyl (C=O) groups excluding carboxylic acids is 1. The number of ketones is 1. The molecule has 0 saturated carbocycles. The molecule has 8 nitrogen and oxygen atoms in total. The lowest BCUT2D eigenvalue weighted by molar-refractivity contribution is 0.0696. The van der Waals surface area contributed by atoms with Gasteiger partial charge in [-0.15, -0.1) is 5.10 Å². The third-order valence-electron chi connectivity index (χ3n) is 3.29. The molecule has 2 N–H and O–H groups in total. The van der Waals surface area contributed by atoms with Crippen LogP contribution in [0.3, 0.4) is 0 Å². The van der Waals surface area contributed by atoms with Crippen molar-refractivity contribution in [2.45, 2.75) is 0 Å². The summed E-state index contributed by atoms with van der Waals surface area (Å²) in [6, 6.07) is 12.8. The third kappa shape index (κ3) is 4.20. The minimum absolute atomic E-state index is 0.127. The summed E-state index contributed by atoms with van der Waals surface area (Å²) in [7, 11) is 0. The summed E-state index contributed by atoms with van der Waals surface area (Å²) >= 11 is 0. The molecule has 0 spiro atoms. The van der Waals surface area contributed by atoms with Gasteiger partial charge < -0.3 is 19.6 Å². The SMILES string of the molecule is O=C(O)c1ccc(C(=O)COc2ccc(Nc3nnco3)cc2)cc1. The number of hydrogen-bond acceptors (Lipinski definition) is 7. The van der Waals surface area contributed by atoms with Crippen molar-refractivity contribution in [3.63, 3.8) is 0 Å². The van der Waals surface area contributed by atoms with Crippen LogP contribution >= 0.6 is 0 Å². The number of carboxylic acids is 1. The summed E-state index contributed by atoms with van der Waals surface area (Å²) in [6.07, 6.45) is 1.22. The fourth-order valence-electron chi connectivity index (χ4n) is 2.02. The van der Waals surface area contributed by atoms with Gasteiger partial charge in [-0.05, 0) is 36.4 Å². The molecule has 1 aromatic heterocycles. The van der Waals surface area contributed by atoms with Gasteiger partial charge >= 0.3 is 12.0 Å². The van der Waals surface area contributed by atoms with E-state index >= 15 is 0 Å². The maximum absolute atomic E-state index is 12.1. The predicted molar refractivity (Wildman–Crippen MR) is 87.2 cm³/mol. The number of carboxylic acid groups (broad SMARTS) is 1. The fraction of sp³-hybridized carbons (Fsp3) is 0.0588. The van der Waals surface area contributed by atoms with Gasteiger partial charge in [0.2, 0.25) is 6.39 Å². The van der Waals surface area contributed by atoms with Crippen molar-refractivity contribution in [3.8, 4) is 5.75 Å². The lowest BCUT2D eigenvalue weighted by atomic mass is 10.1. The number of benzene rings is 2. The predicted octanol–water partition coefficient (Wildman–Crippen LogP) is 2.77. The summed E-state index contributed by atoms with van der Waals surface area (Å²) in [4.78, 5) is 22.9. The quantitative estimate of drug-likeness (QED) is 0.632. The lowest BCUT2D eigenvalue weighted by Crippen LogP contribution is -2.11. The van der Waals surface area contributed by atoms with E-state index in [2.05, 4.69) is 15.5 Å². The molecule has 25 heavy (non-hydrogen) atoms. The summed E-state index contributed by atoms with van der Waals surface area (Å²) in [5, 5.41) is 19.0. The Labute approximate surface area is 142 Å². The van der Waals surface area contributed by atoms with E-state index in [0.717, 1.165) is 5.69 Å². The Kier molecular flexibility index (Phi) is 4.70. The van der Waals surface area contributed by atoms with Gasteiger partial charge in [0.1, 0.15) is 5.75 Å². The van der Waals surface area contributed by atoms with Crippen molar-refractivity contribution >= 4 is 23.5 Å². The van der Waals surface area contributed by atoms with E-state index in [0.29, 0.717) is 11.3 Å². The van der Waals surface area contributed by atoms with Crippen molar-refractivity contribution < 1.29 is 23.8 Å². The number of aromatic carboxylic acids is 1. The number of nitrogens with zero attached hydrogens (tertiary/aromatic N) is 2. The van der Waals surface area contributed by atoms with E-state index in [1.54, 1.807) is 24.3 Å². The molecule has 0 fully saturated rings. The first-order chi connectivity index (χ1) is 12.1. The number of rotatable bonds is 7. The van der Waals surface area contributed by atoms with Crippen LogP contribution in [0, 0.1) is 0 Å². The molecule has 0 radical (unpaired) electrons. The average molecular weight is 339 g/mol. The molecule has 0 bridgehead atoms. The van der Waals surface area contributed by atoms with Crippen LogP contribution in [0.2, 0.25) is 0 Å². The van der Waals surface area contributed by atoms with Crippen molar-refractivity contribution in [1.82, 2.24) is 10.2 Å². The first-order valence-corrected chi connectivity index (χ1v) is 7.24. The number of nitrogens with one attached hydrogen (secondary N) is 1. The molecule has 0 saturated heterocycles. The Balaban J connectivity index is 1.55. The van der Waals surface area contributed by atoms with Gasteiger partial charge in [-0.25, -0.2) is 4.79 Å². The largest absolute Gasteiger partial charge is 0.485 e. The normalized spacial score (nSPS) is 10.2. The Bertz CT molecular complexity index is 858. The fourth-order valence-corrected chi connectivity index (χ4v) is 2.02. The van der Waals surface area contributed by atoms with Gasteiger partial charge in [-0.2, -0.15) is 0 Å². The number of ether oxygens (including phenoxy) is 1. The molecular weight excluding hydrogens is 326 g/mol. The zero-order chi connectivity index (χ0) is 17.6. The second-order valence-corrected chi connectivity index (χ2v) is 4.99. The van der Waals surface area contributed by atoms with Gasteiger partial charge in [0, 0.05) is 11.3 Å². The van der Waals surface area contributed by atoms with E-state index in [1.807, 2.05) is 0 Å². The van der Waals surface area contributed by atoms with Crippen molar-refractivity contribution in [1.29, 1.82) is 0 Å². The highest BCUT2D eigenvalue weighted by atomic mass is 16.5. The second-order valence-electron chi connectivity index (χ2n) is 4.99. The molecule has 126 valence electrons. The maximum Gasteiger partial charge on any atom is 0.335 e. The van der Waals surface area contributed by atoms with E-state index in [-0.39, 0.29) is 24.0 Å². The van der Waals surface area contributed by atoms with E-state index in [9.17, 15) is 9.59 Å². The van der Waals surface area contributed by atoms with Crippen LogP contribution in [0.25, 0.3) is 0 Å². The van der Waals surface area contributed by atoms with Crippen LogP contribution in [0.1, 0.15) is 20.7 Å². The Hall–Kier alpha value is -3.68. The van der Waals surface area contributed by atoms with Crippen molar-refractivity contribution in [2.75, 3.05) is 11.9 Å². The van der Waals surface area contributed by atoms with Gasteiger partial charge in [-0.3, -0.25) is 4.79 Å². The molecule has 3 aromatic rings. The molecule has 8 heteroatoms. The van der Waals surface area contributed by atoms with E-state index in [1.165, 1.54) is 30.7 Å². The van der Waals surface area contributed by atoms with Crippen LogP contribution in [0.5, 0.6) is 5.75 Å². The molecule has 0 unspecified atom stereocenters. The number of hydrogen-bond donors (Lipinski definition) is 2. The molecule has 3 rings (SSSR count). The molecular formula is C17H13N3O5. The zero-order valence-corrected chi connectivity index (χ0v) is 12.9. The monoisotopic (exact) mass is 339 g/mol. The Morgan fingerprint density at radius 3 is 2.32 bits per heavy atom. The van der Waals surface area contributed by atoms with Crippen LogP contribution in [0.15, 0.2) is 59.3 Å². The molecule has 0 aliphatic carbocycles. The Morgan fingerprint density at radius 1 is 1.04 bits per heavy atom. The number of aromatic nitrogens is 2. The third-order valence-corrected chi connectivity index (χ3v) is 3.29. The highest BCUT2D eigenvalue weighted by Gasteiger charge is 2.09. The number of carbonyl (C=O) groups is 2. The van der Waals surface area contributed by atoms with Crippen molar-refractivity contribution in [2.24, 2.45) is 0 Å². The minimum atomic E-state index is -1.04. The van der Waals surface area contributed by atoms with Crippen molar-refractivity contribution in [3.05, 3.63) is 66.1 Å². The Morgan fingerprint density at radius 2 is 1.72 bits per heavy atom. The summed E-state index contributed by atoms with van der Waals surface area (Å²) in [5.41, 5.74) is 1.24. The number of anilines is 2. The van der Waals surface area contributed by atoms with Crippen LogP contribution in [0.4, 0.5) is 11.7 Å². The minimum Gasteiger partial charge on any atom is -0.485 e. The van der Waals surface area contributed by atoms with Gasteiger partial charge in [0.15, 0.2) is 12.4 Å². The maximum atomic E-state index is 12.1. The molecule has 0 aliphatic heterocycles. The van der Waals surface area contributed by atoms with Gasteiger partial charge in [-0.1, -0.05) is 17.2 Å². The first kappa shape index (κ1) is 16.2. The first-order valence-electron chi connectivity index (χ1n) is 7.24. The zero-order valence-electron chi connectivity index (χ0n) is 12.9. The second kappa shape index (κ2) is 7.26. The smallest absolute Gasteiger partial charge is 0.335 e. The summed E-state index contributed by atoms with van der Waals surface area (Å²) in [5.74, 6) is -0.763. The molecule has 1 heterocycles. The summed E-state index contributed by atoms with van der Waals surface area (Å²) in [6.45, 7) is -0.150. The topological polar surface area (TPSA) is 115 Å². The standard InChI is InChI=1S/C17H13N3O5/c21-15(11-1-3-12(4-2-11)16(22)23)9-24-14-7-5-13(6-8-14)19-17-20-18-10-25-17/h1-8,10H,9H2,(H,19,20)(H,22,23). The summed E-state index contributed by atoms with van der Waals surface area (Å²) < 4.78 is 10.4. The van der Waals surface area contributed by atoms with Crippen LogP contribution < -0.4 is 10.1 Å². The lowest BCUT2D eigenvalue weighted by Gasteiger charge is -2.07. The highest BCUT2D eigenvalue weighted by Crippen LogP contribution is 2.19. The van der Waals surface area contributed by atoms with Crippen LogP contribution in [-0.2, 0) is 0 Å². The molecule has 0 atom stereocenters. The molecule has 0 aliphatic rings. The highest BCUT2D eigenvalue weighted by molar-refractivity contribution is 5.98.